The molecule has 6 nitrogen and oxygen atoms in total. The molecule has 0 aromatic heterocycles. The Labute approximate surface area is 158 Å². The highest BCUT2D eigenvalue weighted by molar-refractivity contribution is 6.30. The fraction of sp³-hybridized carbons (Fsp3) is 0.684. The first-order valence-electron chi connectivity index (χ1n) is 8.91. The molecule has 0 N–H and O–H groups in total. The van der Waals surface area contributed by atoms with E-state index in [1.54, 1.807) is 0 Å². The van der Waals surface area contributed by atoms with Gasteiger partial charge in [-0.1, -0.05) is 23.7 Å². The van der Waals surface area contributed by atoms with E-state index in [9.17, 15) is 0 Å². The molecule has 3 aliphatic heterocycles. The van der Waals surface area contributed by atoms with Crippen molar-refractivity contribution in [2.24, 2.45) is 0 Å². The molecule has 0 spiro atoms. The van der Waals surface area contributed by atoms with Gasteiger partial charge in [0.1, 0.15) is 24.4 Å². The zero-order valence-corrected chi connectivity index (χ0v) is 16.2. The van der Waals surface area contributed by atoms with Crippen molar-refractivity contribution in [3.8, 4) is 0 Å². The lowest BCUT2D eigenvalue weighted by molar-refractivity contribution is -0.243. The van der Waals surface area contributed by atoms with E-state index < -0.39 is 17.9 Å². The third-order valence-corrected chi connectivity index (χ3v) is 4.97. The largest absolute Gasteiger partial charge is 0.374 e. The predicted octanol–water partition coefficient (Wildman–Crippen LogP) is 3.25. The maximum Gasteiger partial charge on any atom is 0.190 e. The number of hydrogen-bond donors (Lipinski definition) is 0. The third kappa shape index (κ3) is 3.78. The summed E-state index contributed by atoms with van der Waals surface area (Å²) < 4.78 is 36.0. The molecule has 3 heterocycles. The molecular formula is C19H25ClO6. The molecule has 26 heavy (non-hydrogen) atoms. The molecule has 0 radical (unpaired) electrons. The zero-order chi connectivity index (χ0) is 18.5. The van der Waals surface area contributed by atoms with Gasteiger partial charge in [0.25, 0.3) is 0 Å². The van der Waals surface area contributed by atoms with E-state index in [1.807, 2.05) is 52.0 Å². The van der Waals surface area contributed by atoms with Crippen LogP contribution >= 0.6 is 11.6 Å². The Morgan fingerprint density at radius 3 is 2.23 bits per heavy atom. The lowest BCUT2D eigenvalue weighted by Gasteiger charge is -2.37. The smallest absolute Gasteiger partial charge is 0.190 e. The minimum atomic E-state index is -0.713. The molecule has 0 aliphatic carbocycles. The highest BCUT2D eigenvalue weighted by atomic mass is 35.5. The molecule has 0 bridgehead atoms. The van der Waals surface area contributed by atoms with Crippen LogP contribution in [0.5, 0.6) is 0 Å². The van der Waals surface area contributed by atoms with Crippen LogP contribution in [-0.4, -0.2) is 48.9 Å². The van der Waals surface area contributed by atoms with Crippen molar-refractivity contribution in [2.45, 2.75) is 76.6 Å². The van der Waals surface area contributed by atoms with E-state index in [0.717, 1.165) is 5.56 Å². The van der Waals surface area contributed by atoms with Gasteiger partial charge in [-0.2, -0.15) is 0 Å². The molecule has 4 rings (SSSR count). The SMILES string of the molecule is CC1(C)O[C@@H]2[C@H](O1)[C@H]1OC(C)(C)OC1O[C@@H]2COCc1ccc(Cl)cc1. The Balaban J connectivity index is 1.43. The molecule has 1 aromatic carbocycles. The van der Waals surface area contributed by atoms with Crippen molar-refractivity contribution in [1.29, 1.82) is 0 Å². The summed E-state index contributed by atoms with van der Waals surface area (Å²) in [7, 11) is 0. The van der Waals surface area contributed by atoms with Crippen LogP contribution in [0.15, 0.2) is 24.3 Å². The van der Waals surface area contributed by atoms with Gasteiger partial charge in [-0.25, -0.2) is 0 Å². The summed E-state index contributed by atoms with van der Waals surface area (Å²) in [5, 5.41) is 0.706. The average molecular weight is 385 g/mol. The van der Waals surface area contributed by atoms with E-state index in [0.29, 0.717) is 18.2 Å². The number of rotatable bonds is 4. The standard InChI is InChI=1S/C19H25ClO6/c1-18(2)23-14-13(10-21-9-11-5-7-12(20)8-6-11)22-17-16(15(14)24-18)25-19(3,4)26-17/h5-8,13-17H,9-10H2,1-4H3/t13-,14+,15+,16-,17?/m1/s1. The van der Waals surface area contributed by atoms with E-state index in [-0.39, 0.29) is 24.4 Å². The quantitative estimate of drug-likeness (QED) is 0.794. The first-order chi connectivity index (χ1) is 12.2. The predicted molar refractivity (Wildman–Crippen MR) is 93.6 cm³/mol. The second-order valence-electron chi connectivity index (χ2n) is 7.85. The van der Waals surface area contributed by atoms with Crippen LogP contribution in [0.4, 0.5) is 0 Å². The Bertz CT molecular complexity index is 646. The fourth-order valence-electron chi connectivity index (χ4n) is 3.70. The molecule has 1 aromatic rings. The molecule has 144 valence electrons. The van der Waals surface area contributed by atoms with Crippen molar-refractivity contribution in [3.05, 3.63) is 34.9 Å². The first-order valence-corrected chi connectivity index (χ1v) is 9.29. The maximum absolute atomic E-state index is 6.11. The van der Waals surface area contributed by atoms with Gasteiger partial charge in [0, 0.05) is 5.02 Å². The van der Waals surface area contributed by atoms with E-state index in [4.69, 9.17) is 40.0 Å². The Morgan fingerprint density at radius 2 is 1.50 bits per heavy atom. The van der Waals surface area contributed by atoms with Crippen molar-refractivity contribution >= 4 is 11.6 Å². The van der Waals surface area contributed by atoms with Gasteiger partial charge >= 0.3 is 0 Å². The minimum absolute atomic E-state index is 0.255. The summed E-state index contributed by atoms with van der Waals surface area (Å²) in [5.74, 6) is -1.41. The molecule has 5 atom stereocenters. The average Bonchev–Trinajstić information content (AvgIpc) is 3.03. The second-order valence-corrected chi connectivity index (χ2v) is 8.29. The Kier molecular flexibility index (Phi) is 4.80. The topological polar surface area (TPSA) is 55.4 Å². The maximum atomic E-state index is 6.11. The van der Waals surface area contributed by atoms with E-state index in [2.05, 4.69) is 0 Å². The Hall–Kier alpha value is -0.730. The van der Waals surface area contributed by atoms with Crippen LogP contribution in [0.1, 0.15) is 33.3 Å². The van der Waals surface area contributed by atoms with Gasteiger partial charge in [-0.15, -0.1) is 0 Å². The normalized spacial score (nSPS) is 37.3. The fourth-order valence-corrected chi connectivity index (χ4v) is 3.83. The van der Waals surface area contributed by atoms with Crippen molar-refractivity contribution in [2.75, 3.05) is 6.61 Å². The summed E-state index contributed by atoms with van der Waals surface area (Å²) in [6.07, 6.45) is -1.63. The molecule has 3 saturated heterocycles. The number of ether oxygens (including phenoxy) is 6. The summed E-state index contributed by atoms with van der Waals surface area (Å²) >= 11 is 5.91. The molecule has 0 amide bonds. The second kappa shape index (κ2) is 6.71. The van der Waals surface area contributed by atoms with E-state index in [1.165, 1.54) is 0 Å². The van der Waals surface area contributed by atoms with Crippen LogP contribution in [0.3, 0.4) is 0 Å². The van der Waals surface area contributed by atoms with Crippen LogP contribution in [0.2, 0.25) is 5.02 Å². The highest BCUT2D eigenvalue weighted by Crippen LogP contribution is 2.44. The number of hydrogen-bond acceptors (Lipinski definition) is 6. The van der Waals surface area contributed by atoms with Gasteiger partial charge in [-0.05, 0) is 45.4 Å². The number of fused-ring (bicyclic) bond motifs is 3. The van der Waals surface area contributed by atoms with Crippen molar-refractivity contribution in [3.63, 3.8) is 0 Å². The number of benzene rings is 1. The number of halogens is 1. The van der Waals surface area contributed by atoms with Gasteiger partial charge in [0.15, 0.2) is 17.9 Å². The Morgan fingerprint density at radius 1 is 0.885 bits per heavy atom. The lowest BCUT2D eigenvalue weighted by Crippen LogP contribution is -2.56. The molecule has 7 heteroatoms. The van der Waals surface area contributed by atoms with Crippen molar-refractivity contribution < 1.29 is 28.4 Å². The van der Waals surface area contributed by atoms with Gasteiger partial charge in [0.05, 0.1) is 13.2 Å². The minimum Gasteiger partial charge on any atom is -0.374 e. The van der Waals surface area contributed by atoms with Crippen LogP contribution in [0.25, 0.3) is 0 Å². The summed E-state index contributed by atoms with van der Waals surface area (Å²) in [4.78, 5) is 0. The van der Waals surface area contributed by atoms with Gasteiger partial charge < -0.3 is 28.4 Å². The molecule has 3 aliphatic rings. The van der Waals surface area contributed by atoms with Gasteiger partial charge in [0.2, 0.25) is 0 Å². The monoisotopic (exact) mass is 384 g/mol. The summed E-state index contributed by atoms with van der Waals surface area (Å²) in [5.41, 5.74) is 1.05. The van der Waals surface area contributed by atoms with Gasteiger partial charge in [-0.3, -0.25) is 0 Å². The zero-order valence-electron chi connectivity index (χ0n) is 15.4. The summed E-state index contributed by atoms with van der Waals surface area (Å²) in [6, 6.07) is 7.58. The highest BCUT2D eigenvalue weighted by Gasteiger charge is 2.60. The molecule has 1 unspecified atom stereocenters. The molecule has 3 fully saturated rings. The molecular weight excluding hydrogens is 360 g/mol. The third-order valence-electron chi connectivity index (χ3n) is 4.71. The van der Waals surface area contributed by atoms with E-state index >= 15 is 0 Å². The van der Waals surface area contributed by atoms with Crippen LogP contribution < -0.4 is 0 Å². The van der Waals surface area contributed by atoms with Crippen LogP contribution in [0, 0.1) is 0 Å². The van der Waals surface area contributed by atoms with Crippen LogP contribution in [-0.2, 0) is 35.0 Å². The lowest BCUT2D eigenvalue weighted by atomic mass is 9.99. The van der Waals surface area contributed by atoms with Crippen molar-refractivity contribution in [1.82, 2.24) is 0 Å². The summed E-state index contributed by atoms with van der Waals surface area (Å²) in [6.45, 7) is 8.37. The molecule has 0 saturated carbocycles. The first kappa shape index (κ1) is 18.6.